The highest BCUT2D eigenvalue weighted by molar-refractivity contribution is 5.78. The zero-order valence-electron chi connectivity index (χ0n) is 18.0. The van der Waals surface area contributed by atoms with Crippen LogP contribution in [0.3, 0.4) is 0 Å². The number of rotatable bonds is 13. The summed E-state index contributed by atoms with van der Waals surface area (Å²) < 4.78 is 0. The van der Waals surface area contributed by atoms with E-state index < -0.39 is 23.3 Å². The van der Waals surface area contributed by atoms with Crippen LogP contribution in [0.15, 0.2) is 0 Å². The summed E-state index contributed by atoms with van der Waals surface area (Å²) in [6, 6.07) is 0. The third kappa shape index (κ3) is 7.46. The SMILES string of the molecule is CC(C)CCCCCCC1C(C(=O)O)CCCC1(CCCC(C)C)C(=O)O. The maximum absolute atomic E-state index is 12.3. The molecule has 1 aliphatic carbocycles. The summed E-state index contributed by atoms with van der Waals surface area (Å²) in [5.74, 6) is -1.01. The molecule has 4 nitrogen and oxygen atoms in total. The Morgan fingerprint density at radius 1 is 0.926 bits per heavy atom. The first-order valence-electron chi connectivity index (χ1n) is 11.2. The van der Waals surface area contributed by atoms with Crippen LogP contribution in [0.5, 0.6) is 0 Å². The highest BCUT2D eigenvalue weighted by atomic mass is 16.4. The van der Waals surface area contributed by atoms with E-state index in [1.165, 1.54) is 12.8 Å². The fourth-order valence-corrected chi connectivity index (χ4v) is 4.96. The molecule has 27 heavy (non-hydrogen) atoms. The average Bonchev–Trinajstić information content (AvgIpc) is 2.57. The van der Waals surface area contributed by atoms with Crippen LogP contribution < -0.4 is 0 Å². The number of hydrogen-bond donors (Lipinski definition) is 2. The molecule has 1 aliphatic rings. The molecule has 1 fully saturated rings. The molecule has 0 radical (unpaired) electrons. The fraction of sp³-hybridized carbons (Fsp3) is 0.913. The van der Waals surface area contributed by atoms with Gasteiger partial charge in [0.2, 0.25) is 0 Å². The second-order valence-electron chi connectivity index (χ2n) is 9.58. The molecule has 0 aromatic carbocycles. The quantitative estimate of drug-likeness (QED) is 0.362. The lowest BCUT2D eigenvalue weighted by Crippen LogP contribution is -2.47. The average molecular weight is 383 g/mol. The molecular formula is C23H42O4. The van der Waals surface area contributed by atoms with Gasteiger partial charge in [0.05, 0.1) is 11.3 Å². The standard InChI is InChI=1S/C23H42O4/c1-17(2)11-7-5-6-8-14-20-19(21(24)25)13-10-16-23(20,22(26)27)15-9-12-18(3)4/h17-20H,5-16H2,1-4H3,(H,24,25)(H,26,27). The molecule has 0 spiro atoms. The van der Waals surface area contributed by atoms with Crippen LogP contribution in [0.4, 0.5) is 0 Å². The Bertz CT molecular complexity index is 457. The Balaban J connectivity index is 2.79. The van der Waals surface area contributed by atoms with Gasteiger partial charge in [0.25, 0.3) is 0 Å². The highest BCUT2D eigenvalue weighted by Gasteiger charge is 2.52. The lowest BCUT2D eigenvalue weighted by atomic mass is 9.58. The van der Waals surface area contributed by atoms with E-state index >= 15 is 0 Å². The van der Waals surface area contributed by atoms with Crippen molar-refractivity contribution in [3.05, 3.63) is 0 Å². The number of hydrogen-bond acceptors (Lipinski definition) is 2. The molecule has 0 saturated heterocycles. The molecule has 0 amide bonds. The Morgan fingerprint density at radius 3 is 2.07 bits per heavy atom. The Labute approximate surface area is 166 Å². The molecule has 158 valence electrons. The molecule has 4 heteroatoms. The molecule has 3 unspecified atom stereocenters. The monoisotopic (exact) mass is 382 g/mol. The first-order chi connectivity index (χ1) is 12.7. The van der Waals surface area contributed by atoms with E-state index in [4.69, 9.17) is 0 Å². The molecule has 0 aromatic heterocycles. The third-order valence-electron chi connectivity index (χ3n) is 6.53. The molecule has 0 aliphatic heterocycles. The summed E-state index contributed by atoms with van der Waals surface area (Å²) in [6.45, 7) is 8.78. The summed E-state index contributed by atoms with van der Waals surface area (Å²) in [5, 5.41) is 19.9. The first-order valence-corrected chi connectivity index (χ1v) is 11.2. The van der Waals surface area contributed by atoms with E-state index in [1.54, 1.807) is 0 Å². The lowest BCUT2D eigenvalue weighted by molar-refractivity contribution is -0.164. The minimum Gasteiger partial charge on any atom is -0.481 e. The van der Waals surface area contributed by atoms with Gasteiger partial charge >= 0.3 is 11.9 Å². The first kappa shape index (κ1) is 24.0. The van der Waals surface area contributed by atoms with Crippen molar-refractivity contribution in [1.29, 1.82) is 0 Å². The van der Waals surface area contributed by atoms with Crippen LogP contribution in [0, 0.1) is 29.1 Å². The van der Waals surface area contributed by atoms with E-state index in [2.05, 4.69) is 27.7 Å². The second kappa shape index (κ2) is 11.7. The van der Waals surface area contributed by atoms with Crippen LogP contribution in [0.2, 0.25) is 0 Å². The molecule has 0 heterocycles. The van der Waals surface area contributed by atoms with Gasteiger partial charge in [-0.2, -0.15) is 0 Å². The van der Waals surface area contributed by atoms with Crippen LogP contribution in [0.1, 0.15) is 105 Å². The summed E-state index contributed by atoms with van der Waals surface area (Å²) >= 11 is 0. The maximum atomic E-state index is 12.3. The predicted octanol–water partition coefficient (Wildman–Crippen LogP) is 6.38. The predicted molar refractivity (Wildman–Crippen MR) is 110 cm³/mol. The van der Waals surface area contributed by atoms with Crippen molar-refractivity contribution in [2.24, 2.45) is 29.1 Å². The van der Waals surface area contributed by atoms with Crippen molar-refractivity contribution in [1.82, 2.24) is 0 Å². The van der Waals surface area contributed by atoms with E-state index in [9.17, 15) is 19.8 Å². The van der Waals surface area contributed by atoms with Crippen LogP contribution in [-0.2, 0) is 9.59 Å². The van der Waals surface area contributed by atoms with Crippen LogP contribution >= 0.6 is 0 Å². The fourth-order valence-electron chi connectivity index (χ4n) is 4.96. The molecule has 0 aromatic rings. The van der Waals surface area contributed by atoms with Crippen molar-refractivity contribution < 1.29 is 19.8 Å². The van der Waals surface area contributed by atoms with E-state index in [-0.39, 0.29) is 5.92 Å². The summed E-state index contributed by atoms with van der Waals surface area (Å²) in [5.41, 5.74) is -0.839. The molecule has 1 saturated carbocycles. The summed E-state index contributed by atoms with van der Waals surface area (Å²) in [7, 11) is 0. The minimum atomic E-state index is -0.839. The molecular weight excluding hydrogens is 340 g/mol. The number of carboxylic acid groups (broad SMARTS) is 2. The van der Waals surface area contributed by atoms with Crippen molar-refractivity contribution in [3.63, 3.8) is 0 Å². The molecule has 1 rings (SSSR count). The zero-order chi connectivity index (χ0) is 20.4. The van der Waals surface area contributed by atoms with Gasteiger partial charge in [-0.15, -0.1) is 0 Å². The topological polar surface area (TPSA) is 74.6 Å². The third-order valence-corrected chi connectivity index (χ3v) is 6.53. The van der Waals surface area contributed by atoms with Crippen LogP contribution in [-0.4, -0.2) is 22.2 Å². The van der Waals surface area contributed by atoms with Gasteiger partial charge in [0.1, 0.15) is 0 Å². The number of aliphatic carboxylic acids is 2. The summed E-state index contributed by atoms with van der Waals surface area (Å²) in [6.07, 6.45) is 10.9. The number of carbonyl (C=O) groups is 2. The lowest BCUT2D eigenvalue weighted by Gasteiger charge is -2.44. The molecule has 3 atom stereocenters. The number of unbranched alkanes of at least 4 members (excludes halogenated alkanes) is 3. The van der Waals surface area contributed by atoms with Gasteiger partial charge in [0, 0.05) is 0 Å². The van der Waals surface area contributed by atoms with Crippen molar-refractivity contribution in [3.8, 4) is 0 Å². The van der Waals surface area contributed by atoms with Gasteiger partial charge in [-0.3, -0.25) is 9.59 Å². The van der Waals surface area contributed by atoms with Crippen molar-refractivity contribution in [2.75, 3.05) is 0 Å². The van der Waals surface area contributed by atoms with Gasteiger partial charge < -0.3 is 10.2 Å². The summed E-state index contributed by atoms with van der Waals surface area (Å²) in [4.78, 5) is 24.2. The van der Waals surface area contributed by atoms with Crippen LogP contribution in [0.25, 0.3) is 0 Å². The van der Waals surface area contributed by atoms with Crippen molar-refractivity contribution >= 4 is 11.9 Å². The largest absolute Gasteiger partial charge is 0.481 e. The minimum absolute atomic E-state index is 0.224. The van der Waals surface area contributed by atoms with Crippen molar-refractivity contribution in [2.45, 2.75) is 105 Å². The second-order valence-corrected chi connectivity index (χ2v) is 9.58. The van der Waals surface area contributed by atoms with E-state index in [1.807, 2.05) is 0 Å². The van der Waals surface area contributed by atoms with E-state index in [0.717, 1.165) is 50.9 Å². The van der Waals surface area contributed by atoms with E-state index in [0.29, 0.717) is 25.2 Å². The zero-order valence-corrected chi connectivity index (χ0v) is 18.0. The van der Waals surface area contributed by atoms with Gasteiger partial charge in [-0.1, -0.05) is 79.1 Å². The maximum Gasteiger partial charge on any atom is 0.309 e. The van der Waals surface area contributed by atoms with Gasteiger partial charge in [0.15, 0.2) is 0 Å². The molecule has 2 N–H and O–H groups in total. The molecule has 0 bridgehead atoms. The smallest absolute Gasteiger partial charge is 0.309 e. The highest BCUT2D eigenvalue weighted by Crippen LogP contribution is 2.50. The van der Waals surface area contributed by atoms with Gasteiger partial charge in [-0.25, -0.2) is 0 Å². The van der Waals surface area contributed by atoms with Gasteiger partial charge in [-0.05, 0) is 43.4 Å². The number of carboxylic acids is 2. The normalized spacial score (nSPS) is 25.9. The Morgan fingerprint density at radius 2 is 1.52 bits per heavy atom. The Hall–Kier alpha value is -1.06. The Kier molecular flexibility index (Phi) is 10.4.